The van der Waals surface area contributed by atoms with Crippen molar-refractivity contribution in [3.63, 3.8) is 0 Å². The van der Waals surface area contributed by atoms with Gasteiger partial charge in [0.25, 0.3) is 11.8 Å². The summed E-state index contributed by atoms with van der Waals surface area (Å²) in [5, 5.41) is 0. The Morgan fingerprint density at radius 2 is 1.52 bits per heavy atom. The third-order valence-electron chi connectivity index (χ3n) is 6.12. The van der Waals surface area contributed by atoms with E-state index < -0.39 is 40.4 Å². The lowest BCUT2D eigenvalue weighted by Crippen LogP contribution is -2.48. The first-order valence-electron chi connectivity index (χ1n) is 12.3. The summed E-state index contributed by atoms with van der Waals surface area (Å²) in [6, 6.07) is 19.5. The Hall–Kier alpha value is -4.72. The summed E-state index contributed by atoms with van der Waals surface area (Å²) in [5.41, 5.74) is 0.480. The normalized spacial score (nSPS) is 13.4. The summed E-state index contributed by atoms with van der Waals surface area (Å²) >= 11 is 0. The summed E-state index contributed by atoms with van der Waals surface area (Å²) in [4.78, 5) is 39.6. The van der Waals surface area contributed by atoms with E-state index in [4.69, 9.17) is 15.9 Å². The largest absolute Gasteiger partial charge is 0.460 e. The van der Waals surface area contributed by atoms with Crippen LogP contribution in [0.25, 0.3) is 0 Å². The van der Waals surface area contributed by atoms with Crippen LogP contribution in [0, 0.1) is 12.3 Å². The standard InChI is InChI=1S/C30H26N2O7S/c1-3-19-32(40(36,37)24-16-14-23(15-17-24)39-22-10-6-5-7-11-22)27(30(35)38-21-4-2)18-20-31-28(33)25-12-8-9-13-26(25)29(31)34/h1,4-17,27H,2,18-21H2. The summed E-state index contributed by atoms with van der Waals surface area (Å²) in [7, 11) is -4.33. The summed E-state index contributed by atoms with van der Waals surface area (Å²) in [5.74, 6) is 1.32. The second-order valence-electron chi connectivity index (χ2n) is 8.67. The van der Waals surface area contributed by atoms with Crippen molar-refractivity contribution in [3.8, 4) is 23.8 Å². The van der Waals surface area contributed by atoms with Gasteiger partial charge in [-0.1, -0.05) is 48.9 Å². The van der Waals surface area contributed by atoms with E-state index in [1.54, 1.807) is 36.4 Å². The van der Waals surface area contributed by atoms with Gasteiger partial charge in [0.1, 0.15) is 24.1 Å². The van der Waals surface area contributed by atoms with Gasteiger partial charge in [0.2, 0.25) is 10.0 Å². The Morgan fingerprint density at radius 1 is 0.950 bits per heavy atom. The fraction of sp³-hybridized carbons (Fsp3) is 0.167. The van der Waals surface area contributed by atoms with E-state index in [9.17, 15) is 22.8 Å². The number of benzene rings is 3. The van der Waals surface area contributed by atoms with Gasteiger partial charge in [0.05, 0.1) is 22.6 Å². The Bertz CT molecular complexity index is 1530. The molecule has 3 aromatic carbocycles. The summed E-state index contributed by atoms with van der Waals surface area (Å²) in [6.07, 6.45) is 6.61. The van der Waals surface area contributed by atoms with Crippen molar-refractivity contribution < 1.29 is 32.3 Å². The lowest BCUT2D eigenvalue weighted by atomic mass is 10.1. The molecule has 1 heterocycles. The van der Waals surface area contributed by atoms with E-state index in [1.165, 1.54) is 42.5 Å². The maximum atomic E-state index is 13.7. The van der Waals surface area contributed by atoms with Gasteiger partial charge < -0.3 is 9.47 Å². The van der Waals surface area contributed by atoms with Gasteiger partial charge in [0.15, 0.2) is 0 Å². The summed E-state index contributed by atoms with van der Waals surface area (Å²) < 4.78 is 39.2. The number of carbonyl (C=O) groups is 3. The van der Waals surface area contributed by atoms with Crippen molar-refractivity contribution in [1.29, 1.82) is 0 Å². The van der Waals surface area contributed by atoms with Crippen LogP contribution < -0.4 is 4.74 Å². The molecular formula is C30H26N2O7S. The first kappa shape index (κ1) is 28.3. The third-order valence-corrected chi connectivity index (χ3v) is 7.99. The van der Waals surface area contributed by atoms with Crippen LogP contribution in [0.15, 0.2) is 96.4 Å². The number of terminal acetylenes is 1. The molecule has 204 valence electrons. The number of sulfonamides is 1. The van der Waals surface area contributed by atoms with Crippen LogP contribution >= 0.6 is 0 Å². The molecule has 1 unspecified atom stereocenters. The Labute approximate surface area is 232 Å². The lowest BCUT2D eigenvalue weighted by Gasteiger charge is -2.29. The molecule has 3 aromatic rings. The number of nitrogens with zero attached hydrogens (tertiary/aromatic N) is 2. The average molecular weight is 559 g/mol. The molecule has 0 aromatic heterocycles. The van der Waals surface area contributed by atoms with Crippen molar-refractivity contribution in [2.75, 3.05) is 19.7 Å². The van der Waals surface area contributed by atoms with Crippen molar-refractivity contribution in [2.45, 2.75) is 17.4 Å². The van der Waals surface area contributed by atoms with Gasteiger partial charge in [-0.3, -0.25) is 19.3 Å². The van der Waals surface area contributed by atoms with Crippen LogP contribution in [0.3, 0.4) is 0 Å². The topological polar surface area (TPSA) is 110 Å². The lowest BCUT2D eigenvalue weighted by molar-refractivity contribution is -0.147. The van der Waals surface area contributed by atoms with E-state index in [0.717, 1.165) is 9.21 Å². The van der Waals surface area contributed by atoms with Gasteiger partial charge in [0, 0.05) is 6.54 Å². The highest BCUT2D eigenvalue weighted by Crippen LogP contribution is 2.27. The smallest absolute Gasteiger partial charge is 0.324 e. The number of esters is 1. The van der Waals surface area contributed by atoms with E-state index >= 15 is 0 Å². The predicted molar refractivity (Wildman–Crippen MR) is 147 cm³/mol. The molecule has 9 nitrogen and oxygen atoms in total. The molecule has 10 heteroatoms. The molecule has 0 saturated carbocycles. The van der Waals surface area contributed by atoms with Crippen molar-refractivity contribution in [2.24, 2.45) is 0 Å². The van der Waals surface area contributed by atoms with E-state index in [-0.39, 0.29) is 35.6 Å². The Morgan fingerprint density at radius 3 is 2.10 bits per heavy atom. The predicted octanol–water partition coefficient (Wildman–Crippen LogP) is 3.89. The number of imide groups is 1. The van der Waals surface area contributed by atoms with Crippen molar-refractivity contribution in [1.82, 2.24) is 9.21 Å². The number of carbonyl (C=O) groups excluding carboxylic acids is 3. The summed E-state index contributed by atoms with van der Waals surface area (Å²) in [6.45, 7) is 2.65. The highest BCUT2D eigenvalue weighted by molar-refractivity contribution is 7.89. The van der Waals surface area contributed by atoms with Gasteiger partial charge in [-0.15, -0.1) is 6.42 Å². The minimum Gasteiger partial charge on any atom is -0.460 e. The number of hydrogen-bond acceptors (Lipinski definition) is 7. The first-order valence-corrected chi connectivity index (χ1v) is 13.7. The van der Waals surface area contributed by atoms with Crippen LogP contribution in [-0.4, -0.2) is 61.1 Å². The van der Waals surface area contributed by atoms with E-state index in [0.29, 0.717) is 11.5 Å². The van der Waals surface area contributed by atoms with Crippen LogP contribution in [-0.2, 0) is 19.6 Å². The molecule has 40 heavy (non-hydrogen) atoms. The molecule has 0 radical (unpaired) electrons. The van der Waals surface area contributed by atoms with Crippen LogP contribution in [0.4, 0.5) is 0 Å². The number of fused-ring (bicyclic) bond motifs is 1. The average Bonchev–Trinajstić information content (AvgIpc) is 3.21. The van der Waals surface area contributed by atoms with E-state index in [2.05, 4.69) is 12.5 Å². The van der Waals surface area contributed by atoms with Gasteiger partial charge in [-0.2, -0.15) is 4.31 Å². The minimum absolute atomic E-state index is 0.134. The molecular weight excluding hydrogens is 532 g/mol. The maximum Gasteiger partial charge on any atom is 0.324 e. The number of ether oxygens (including phenoxy) is 2. The molecule has 1 aliphatic heterocycles. The molecule has 0 aliphatic carbocycles. The fourth-order valence-electron chi connectivity index (χ4n) is 4.20. The second-order valence-corrected chi connectivity index (χ2v) is 10.6. The number of para-hydroxylation sites is 1. The zero-order valence-corrected chi connectivity index (χ0v) is 22.3. The SMILES string of the molecule is C#CCN(C(CCN1C(=O)c2ccccc2C1=O)C(=O)OCC=C)S(=O)(=O)c1ccc(Oc2ccccc2)cc1. The molecule has 1 aliphatic rings. The highest BCUT2D eigenvalue weighted by atomic mass is 32.2. The van der Waals surface area contributed by atoms with Crippen LogP contribution in [0.1, 0.15) is 27.1 Å². The minimum atomic E-state index is -4.33. The van der Waals surface area contributed by atoms with Crippen molar-refractivity contribution in [3.05, 3.63) is 103 Å². The van der Waals surface area contributed by atoms with E-state index in [1.807, 2.05) is 6.07 Å². The molecule has 0 fully saturated rings. The molecule has 4 rings (SSSR count). The number of rotatable bonds is 12. The second kappa shape index (κ2) is 12.4. The number of amides is 2. The molecule has 1 atom stereocenters. The molecule has 2 amide bonds. The third kappa shape index (κ3) is 5.96. The van der Waals surface area contributed by atoms with Crippen LogP contribution in [0.2, 0.25) is 0 Å². The Kier molecular flexibility index (Phi) is 8.79. The molecule has 0 spiro atoms. The quantitative estimate of drug-likeness (QED) is 0.144. The van der Waals surface area contributed by atoms with Crippen molar-refractivity contribution >= 4 is 27.8 Å². The Balaban J connectivity index is 1.59. The first-order chi connectivity index (χ1) is 19.3. The fourth-order valence-corrected chi connectivity index (χ4v) is 5.72. The molecule has 0 N–H and O–H groups in total. The van der Waals surface area contributed by atoms with Gasteiger partial charge in [-0.05, 0) is 55.0 Å². The highest BCUT2D eigenvalue weighted by Gasteiger charge is 2.40. The maximum absolute atomic E-state index is 13.7. The van der Waals surface area contributed by atoms with Gasteiger partial charge in [-0.25, -0.2) is 8.42 Å². The molecule has 0 bridgehead atoms. The molecule has 0 saturated heterocycles. The van der Waals surface area contributed by atoms with Crippen LogP contribution in [0.5, 0.6) is 11.5 Å². The number of hydrogen-bond donors (Lipinski definition) is 0. The zero-order chi connectivity index (χ0) is 28.7. The monoisotopic (exact) mass is 558 g/mol. The zero-order valence-electron chi connectivity index (χ0n) is 21.4. The van der Waals surface area contributed by atoms with Gasteiger partial charge >= 0.3 is 5.97 Å².